The molecule has 0 radical (unpaired) electrons. The molecular formula is C11H14O2. The van der Waals surface area contributed by atoms with Crippen molar-refractivity contribution in [2.45, 2.75) is 32.1 Å². The molecule has 13 heavy (non-hydrogen) atoms. The molecule has 0 bridgehead atoms. The molecule has 70 valence electrons. The van der Waals surface area contributed by atoms with Crippen molar-refractivity contribution in [3.8, 4) is 0 Å². The Kier molecular flexibility index (Phi) is 2.21. The average molecular weight is 178 g/mol. The van der Waals surface area contributed by atoms with Crippen LogP contribution in [0.4, 0.5) is 0 Å². The highest BCUT2D eigenvalue weighted by molar-refractivity contribution is 5.87. The second-order valence-electron chi connectivity index (χ2n) is 3.89. The van der Waals surface area contributed by atoms with Gasteiger partial charge in [-0.2, -0.15) is 0 Å². The lowest BCUT2D eigenvalue weighted by Gasteiger charge is -2.27. The number of carboxylic acids is 1. The van der Waals surface area contributed by atoms with Gasteiger partial charge in [0.1, 0.15) is 0 Å². The maximum absolute atomic E-state index is 10.7. The third kappa shape index (κ3) is 1.67. The fourth-order valence-corrected chi connectivity index (χ4v) is 2.26. The lowest BCUT2D eigenvalue weighted by Crippen LogP contribution is -2.16. The third-order valence-corrected chi connectivity index (χ3v) is 3.03. The third-order valence-electron chi connectivity index (χ3n) is 3.03. The first kappa shape index (κ1) is 8.54. The fourth-order valence-electron chi connectivity index (χ4n) is 2.26. The van der Waals surface area contributed by atoms with Crippen LogP contribution in [-0.2, 0) is 4.79 Å². The number of carbonyl (C=O) groups is 1. The molecule has 0 amide bonds. The molecule has 0 aromatic carbocycles. The summed E-state index contributed by atoms with van der Waals surface area (Å²) < 4.78 is 0. The van der Waals surface area contributed by atoms with Crippen LogP contribution in [0.25, 0.3) is 0 Å². The molecule has 1 saturated carbocycles. The molecule has 1 atom stereocenters. The van der Waals surface area contributed by atoms with Gasteiger partial charge in [0, 0.05) is 5.57 Å². The zero-order valence-corrected chi connectivity index (χ0v) is 7.62. The summed E-state index contributed by atoms with van der Waals surface area (Å²) in [6.07, 6.45) is 9.44. The number of fused-ring (bicyclic) bond motifs is 1. The van der Waals surface area contributed by atoms with Gasteiger partial charge in [-0.25, -0.2) is 4.79 Å². The molecule has 0 aromatic rings. The summed E-state index contributed by atoms with van der Waals surface area (Å²) in [6, 6.07) is 0. The van der Waals surface area contributed by atoms with Gasteiger partial charge in [0.15, 0.2) is 0 Å². The first-order valence-corrected chi connectivity index (χ1v) is 4.90. The first-order valence-electron chi connectivity index (χ1n) is 4.90. The van der Waals surface area contributed by atoms with E-state index in [1.54, 1.807) is 6.08 Å². The van der Waals surface area contributed by atoms with Gasteiger partial charge in [-0.3, -0.25) is 0 Å². The minimum atomic E-state index is -0.749. The zero-order chi connectivity index (χ0) is 9.26. The Balaban J connectivity index is 2.18. The van der Waals surface area contributed by atoms with Gasteiger partial charge in [-0.1, -0.05) is 24.1 Å². The zero-order valence-electron chi connectivity index (χ0n) is 7.62. The lowest BCUT2D eigenvalue weighted by molar-refractivity contribution is -0.132. The summed E-state index contributed by atoms with van der Waals surface area (Å²) in [6.45, 7) is 0. The number of hydrogen-bond donors (Lipinski definition) is 1. The van der Waals surface area contributed by atoms with Crippen molar-refractivity contribution in [2.75, 3.05) is 0 Å². The topological polar surface area (TPSA) is 37.3 Å². The Bertz CT molecular complexity index is 286. The summed E-state index contributed by atoms with van der Waals surface area (Å²) in [5.41, 5.74) is 2.05. The van der Waals surface area contributed by atoms with Gasteiger partial charge in [0.2, 0.25) is 0 Å². The van der Waals surface area contributed by atoms with Gasteiger partial charge < -0.3 is 5.11 Å². The SMILES string of the molecule is O=C(O)C1=CC=C2CCCCC2C1. The maximum Gasteiger partial charge on any atom is 0.331 e. The molecule has 2 aliphatic rings. The van der Waals surface area contributed by atoms with E-state index in [1.165, 1.54) is 31.3 Å². The van der Waals surface area contributed by atoms with Gasteiger partial charge in [-0.05, 0) is 31.6 Å². The lowest BCUT2D eigenvalue weighted by atomic mass is 9.77. The predicted octanol–water partition coefficient (Wildman–Crippen LogP) is 2.52. The molecule has 0 aliphatic heterocycles. The van der Waals surface area contributed by atoms with E-state index in [0.29, 0.717) is 11.5 Å². The Morgan fingerprint density at radius 1 is 1.38 bits per heavy atom. The van der Waals surface area contributed by atoms with E-state index in [0.717, 1.165) is 6.42 Å². The van der Waals surface area contributed by atoms with Crippen LogP contribution >= 0.6 is 0 Å². The van der Waals surface area contributed by atoms with Crippen LogP contribution in [0, 0.1) is 5.92 Å². The van der Waals surface area contributed by atoms with E-state index < -0.39 is 5.97 Å². The molecular weight excluding hydrogens is 164 g/mol. The molecule has 0 spiro atoms. The first-order chi connectivity index (χ1) is 6.27. The second-order valence-corrected chi connectivity index (χ2v) is 3.89. The van der Waals surface area contributed by atoms with Crippen LogP contribution in [0.3, 0.4) is 0 Å². The van der Waals surface area contributed by atoms with Crippen molar-refractivity contribution < 1.29 is 9.90 Å². The van der Waals surface area contributed by atoms with Crippen LogP contribution < -0.4 is 0 Å². The van der Waals surface area contributed by atoms with Crippen LogP contribution in [-0.4, -0.2) is 11.1 Å². The van der Waals surface area contributed by atoms with Gasteiger partial charge in [-0.15, -0.1) is 0 Å². The van der Waals surface area contributed by atoms with Crippen molar-refractivity contribution >= 4 is 5.97 Å². The smallest absolute Gasteiger partial charge is 0.331 e. The standard InChI is InChI=1S/C11H14O2/c12-11(13)10-6-5-8-3-1-2-4-9(8)7-10/h5-6,9H,1-4,7H2,(H,12,13). The highest BCUT2D eigenvalue weighted by atomic mass is 16.4. The summed E-state index contributed by atoms with van der Waals surface area (Å²) >= 11 is 0. The molecule has 1 fully saturated rings. The van der Waals surface area contributed by atoms with Crippen molar-refractivity contribution in [3.05, 3.63) is 23.3 Å². The normalized spacial score (nSPS) is 27.2. The molecule has 1 N–H and O–H groups in total. The number of carboxylic acid groups (broad SMARTS) is 1. The van der Waals surface area contributed by atoms with Gasteiger partial charge >= 0.3 is 5.97 Å². The number of rotatable bonds is 1. The minimum Gasteiger partial charge on any atom is -0.478 e. The van der Waals surface area contributed by atoms with Crippen molar-refractivity contribution in [3.63, 3.8) is 0 Å². The monoisotopic (exact) mass is 178 g/mol. The largest absolute Gasteiger partial charge is 0.478 e. The van der Waals surface area contributed by atoms with Gasteiger partial charge in [0.05, 0.1) is 0 Å². The summed E-state index contributed by atoms with van der Waals surface area (Å²) in [5, 5.41) is 8.83. The van der Waals surface area contributed by atoms with E-state index in [2.05, 4.69) is 0 Å². The summed E-state index contributed by atoms with van der Waals surface area (Å²) in [4.78, 5) is 10.7. The van der Waals surface area contributed by atoms with Crippen molar-refractivity contribution in [1.29, 1.82) is 0 Å². The second kappa shape index (κ2) is 3.36. The molecule has 2 aliphatic carbocycles. The van der Waals surface area contributed by atoms with E-state index >= 15 is 0 Å². The van der Waals surface area contributed by atoms with Crippen LogP contribution in [0.15, 0.2) is 23.3 Å². The number of allylic oxidation sites excluding steroid dienone is 3. The summed E-state index contributed by atoms with van der Waals surface area (Å²) in [5.74, 6) is -0.217. The molecule has 0 saturated heterocycles. The number of hydrogen-bond acceptors (Lipinski definition) is 1. The molecule has 0 aromatic heterocycles. The van der Waals surface area contributed by atoms with Crippen LogP contribution in [0.1, 0.15) is 32.1 Å². The minimum absolute atomic E-state index is 0.532. The van der Waals surface area contributed by atoms with E-state index in [9.17, 15) is 4.79 Å². The Labute approximate surface area is 78.0 Å². The van der Waals surface area contributed by atoms with Crippen LogP contribution in [0.5, 0.6) is 0 Å². The van der Waals surface area contributed by atoms with E-state index in [-0.39, 0.29) is 0 Å². The van der Waals surface area contributed by atoms with E-state index in [4.69, 9.17) is 5.11 Å². The van der Waals surface area contributed by atoms with Gasteiger partial charge in [0.25, 0.3) is 0 Å². The molecule has 2 heteroatoms. The van der Waals surface area contributed by atoms with Crippen LogP contribution in [0.2, 0.25) is 0 Å². The van der Waals surface area contributed by atoms with Crippen molar-refractivity contribution in [1.82, 2.24) is 0 Å². The Morgan fingerprint density at radius 2 is 2.23 bits per heavy atom. The number of aliphatic carboxylic acids is 1. The van der Waals surface area contributed by atoms with Crippen molar-refractivity contribution in [2.24, 2.45) is 5.92 Å². The maximum atomic E-state index is 10.7. The summed E-state index contributed by atoms with van der Waals surface area (Å²) in [7, 11) is 0. The highest BCUT2D eigenvalue weighted by Crippen LogP contribution is 2.36. The Hall–Kier alpha value is -1.05. The molecule has 1 unspecified atom stereocenters. The average Bonchev–Trinajstić information content (AvgIpc) is 2.17. The predicted molar refractivity (Wildman–Crippen MR) is 50.4 cm³/mol. The quantitative estimate of drug-likeness (QED) is 0.669. The molecule has 0 heterocycles. The molecule has 2 rings (SSSR count). The fraction of sp³-hybridized carbons (Fsp3) is 0.545. The van der Waals surface area contributed by atoms with E-state index in [1.807, 2.05) is 6.08 Å². The molecule has 2 nitrogen and oxygen atoms in total. The highest BCUT2D eigenvalue weighted by Gasteiger charge is 2.24. The Morgan fingerprint density at radius 3 is 3.00 bits per heavy atom.